The second-order valence-electron chi connectivity index (χ2n) is 5.19. The summed E-state index contributed by atoms with van der Waals surface area (Å²) in [6, 6.07) is 5.96. The summed E-state index contributed by atoms with van der Waals surface area (Å²) in [5.74, 6) is -0.447. The minimum Gasteiger partial charge on any atom is -0.346 e. The fourth-order valence-electron chi connectivity index (χ4n) is 2.28. The summed E-state index contributed by atoms with van der Waals surface area (Å²) >= 11 is 0. The largest absolute Gasteiger partial charge is 0.346 e. The fourth-order valence-corrected chi connectivity index (χ4v) is 2.28. The number of halogens is 1. The van der Waals surface area contributed by atoms with Crippen molar-refractivity contribution in [2.24, 2.45) is 0 Å². The van der Waals surface area contributed by atoms with E-state index in [2.05, 4.69) is 10.4 Å². The van der Waals surface area contributed by atoms with Crippen molar-refractivity contribution < 1.29 is 9.18 Å². The molecule has 2 aromatic rings. The second kappa shape index (κ2) is 7.54. The van der Waals surface area contributed by atoms with Crippen molar-refractivity contribution >= 4 is 5.91 Å². The van der Waals surface area contributed by atoms with Gasteiger partial charge >= 0.3 is 0 Å². The van der Waals surface area contributed by atoms with E-state index in [9.17, 15) is 9.18 Å². The lowest BCUT2D eigenvalue weighted by Crippen LogP contribution is -2.25. The van der Waals surface area contributed by atoms with Crippen molar-refractivity contribution in [2.45, 2.75) is 26.8 Å². The molecule has 0 saturated heterocycles. The third kappa shape index (κ3) is 4.16. The first-order valence-corrected chi connectivity index (χ1v) is 7.43. The van der Waals surface area contributed by atoms with Crippen molar-refractivity contribution in [2.75, 3.05) is 0 Å². The van der Waals surface area contributed by atoms with E-state index < -0.39 is 0 Å². The van der Waals surface area contributed by atoms with Gasteiger partial charge in [-0.1, -0.05) is 18.2 Å². The molecule has 0 aliphatic carbocycles. The lowest BCUT2D eigenvalue weighted by Gasteiger charge is -2.12. The van der Waals surface area contributed by atoms with Crippen LogP contribution in [0.2, 0.25) is 0 Å². The van der Waals surface area contributed by atoms with Crippen molar-refractivity contribution in [1.29, 1.82) is 0 Å². The van der Waals surface area contributed by atoms with E-state index in [1.807, 2.05) is 26.8 Å². The molecule has 1 amide bonds. The molecular weight excluding hydrogens is 293 g/mol. The highest BCUT2D eigenvalue weighted by Gasteiger charge is 2.15. The predicted octanol–water partition coefficient (Wildman–Crippen LogP) is 3.63. The van der Waals surface area contributed by atoms with Gasteiger partial charge in [-0.2, -0.15) is 5.10 Å². The Balaban J connectivity index is 2.15. The number of carbonyl (C=O) groups excluding carboxylic acids is 1. The minimum absolute atomic E-state index is 0.162. The quantitative estimate of drug-likeness (QED) is 0.677. The van der Waals surface area contributed by atoms with Gasteiger partial charge in [-0.3, -0.25) is 4.79 Å². The molecule has 0 saturated carbocycles. The number of rotatable bonds is 5. The molecule has 0 spiro atoms. The summed E-state index contributed by atoms with van der Waals surface area (Å²) in [5.41, 5.74) is 2.60. The van der Waals surface area contributed by atoms with E-state index in [1.165, 1.54) is 18.2 Å². The summed E-state index contributed by atoms with van der Waals surface area (Å²) in [4.78, 5) is 11.8. The molecule has 1 heterocycles. The molecule has 2 rings (SSSR count). The van der Waals surface area contributed by atoms with Crippen LogP contribution in [0.3, 0.4) is 0 Å². The first-order chi connectivity index (χ1) is 11.0. The number of hydrogen-bond acceptors (Lipinski definition) is 2. The normalized spacial score (nSPS) is 12.9. The van der Waals surface area contributed by atoms with Gasteiger partial charge in [-0.05, 0) is 45.0 Å². The Morgan fingerprint density at radius 2 is 2.00 bits per heavy atom. The van der Waals surface area contributed by atoms with Crippen molar-refractivity contribution in [3.8, 4) is 5.69 Å². The van der Waals surface area contributed by atoms with E-state index in [0.29, 0.717) is 0 Å². The van der Waals surface area contributed by atoms with Crippen molar-refractivity contribution in [3.63, 3.8) is 0 Å². The lowest BCUT2D eigenvalue weighted by molar-refractivity contribution is -0.117. The molecule has 1 atom stereocenters. The Labute approximate surface area is 135 Å². The molecule has 0 radical (unpaired) electrons. The van der Waals surface area contributed by atoms with Crippen LogP contribution < -0.4 is 5.32 Å². The van der Waals surface area contributed by atoms with Crippen LogP contribution in [0.4, 0.5) is 4.39 Å². The number of allylic oxidation sites excluding steroid dienone is 3. The first kappa shape index (κ1) is 16.7. The highest BCUT2D eigenvalue weighted by atomic mass is 19.1. The molecule has 23 heavy (non-hydrogen) atoms. The van der Waals surface area contributed by atoms with Crippen LogP contribution >= 0.6 is 0 Å². The number of nitrogens with zero attached hydrogens (tertiary/aromatic N) is 2. The van der Waals surface area contributed by atoms with E-state index in [-0.39, 0.29) is 17.8 Å². The summed E-state index contributed by atoms with van der Waals surface area (Å²) in [5, 5.41) is 7.23. The Morgan fingerprint density at radius 3 is 2.65 bits per heavy atom. The highest BCUT2D eigenvalue weighted by Crippen LogP contribution is 2.20. The van der Waals surface area contributed by atoms with Gasteiger partial charge in [0, 0.05) is 17.3 Å². The maximum absolute atomic E-state index is 13.0. The number of hydrogen-bond donors (Lipinski definition) is 1. The maximum Gasteiger partial charge on any atom is 0.244 e. The molecule has 0 aliphatic rings. The summed E-state index contributed by atoms with van der Waals surface area (Å²) in [7, 11) is 0. The second-order valence-corrected chi connectivity index (χ2v) is 5.19. The average molecular weight is 313 g/mol. The molecule has 5 heteroatoms. The number of benzene rings is 1. The van der Waals surface area contributed by atoms with Gasteiger partial charge in [0.15, 0.2) is 0 Å². The zero-order chi connectivity index (χ0) is 16.8. The van der Waals surface area contributed by atoms with E-state index in [4.69, 9.17) is 0 Å². The molecule has 4 nitrogen and oxygen atoms in total. The molecule has 1 unspecified atom stereocenters. The number of nitrogens with one attached hydrogen (secondary N) is 1. The molecule has 0 bridgehead atoms. The lowest BCUT2D eigenvalue weighted by atomic mass is 10.1. The predicted molar refractivity (Wildman–Crippen MR) is 88.8 cm³/mol. The minimum atomic E-state index is -0.285. The van der Waals surface area contributed by atoms with Crippen LogP contribution in [0.1, 0.15) is 31.1 Å². The topological polar surface area (TPSA) is 46.9 Å². The van der Waals surface area contributed by atoms with E-state index in [1.54, 1.807) is 35.2 Å². The van der Waals surface area contributed by atoms with Crippen LogP contribution in [0.5, 0.6) is 0 Å². The van der Waals surface area contributed by atoms with Crippen LogP contribution in [0.25, 0.3) is 5.69 Å². The summed E-state index contributed by atoms with van der Waals surface area (Å²) in [6.07, 6.45) is 8.54. The van der Waals surface area contributed by atoms with E-state index >= 15 is 0 Å². The third-order valence-electron chi connectivity index (χ3n) is 3.50. The van der Waals surface area contributed by atoms with Crippen LogP contribution in [-0.4, -0.2) is 15.7 Å². The smallest absolute Gasteiger partial charge is 0.244 e. The first-order valence-electron chi connectivity index (χ1n) is 7.43. The van der Waals surface area contributed by atoms with Crippen LogP contribution in [-0.2, 0) is 4.79 Å². The van der Waals surface area contributed by atoms with Gasteiger partial charge < -0.3 is 5.32 Å². The standard InChI is InChI=1S/C18H20FN3O/c1-4-5-6-7-18(23)21-13(2)17-12-20-22(14(17)3)16-10-8-15(19)9-11-16/h4-13H,1-3H3,(H,21,23)/b5-4+,7-6+. The molecule has 1 aromatic carbocycles. The van der Waals surface area contributed by atoms with Crippen LogP contribution in [0, 0.1) is 12.7 Å². The number of amides is 1. The SMILES string of the molecule is C/C=C/C=C/C(=O)NC(C)c1cnn(-c2ccc(F)cc2)c1C. The van der Waals surface area contributed by atoms with Crippen molar-refractivity contribution in [1.82, 2.24) is 15.1 Å². The maximum atomic E-state index is 13.0. The summed E-state index contributed by atoms with van der Waals surface area (Å²) in [6.45, 7) is 5.71. The van der Waals surface area contributed by atoms with Gasteiger partial charge in [0.05, 0.1) is 17.9 Å². The van der Waals surface area contributed by atoms with Crippen LogP contribution in [0.15, 0.2) is 54.8 Å². The Kier molecular flexibility index (Phi) is 5.46. The number of aromatic nitrogens is 2. The van der Waals surface area contributed by atoms with Gasteiger partial charge in [0.2, 0.25) is 5.91 Å². The molecule has 120 valence electrons. The van der Waals surface area contributed by atoms with Gasteiger partial charge in [-0.25, -0.2) is 9.07 Å². The Hall–Kier alpha value is -2.69. The van der Waals surface area contributed by atoms with E-state index in [0.717, 1.165) is 16.9 Å². The molecule has 0 aliphatic heterocycles. The molecule has 1 aromatic heterocycles. The van der Waals surface area contributed by atoms with Crippen molar-refractivity contribution in [3.05, 3.63) is 71.8 Å². The monoisotopic (exact) mass is 313 g/mol. The highest BCUT2D eigenvalue weighted by molar-refractivity contribution is 5.88. The Morgan fingerprint density at radius 1 is 1.30 bits per heavy atom. The number of carbonyl (C=O) groups is 1. The zero-order valence-electron chi connectivity index (χ0n) is 13.5. The zero-order valence-corrected chi connectivity index (χ0v) is 13.5. The van der Waals surface area contributed by atoms with Gasteiger partial charge in [-0.15, -0.1) is 0 Å². The molecule has 0 fully saturated rings. The summed E-state index contributed by atoms with van der Waals surface area (Å²) < 4.78 is 14.7. The van der Waals surface area contributed by atoms with Gasteiger partial charge in [0.25, 0.3) is 0 Å². The molecular formula is C18H20FN3O. The van der Waals surface area contributed by atoms with Gasteiger partial charge in [0.1, 0.15) is 5.82 Å². The third-order valence-corrected chi connectivity index (χ3v) is 3.50. The fraction of sp³-hybridized carbons (Fsp3) is 0.222. The Bertz CT molecular complexity index is 729. The average Bonchev–Trinajstić information content (AvgIpc) is 2.90. The molecule has 1 N–H and O–H groups in total.